The maximum Gasteiger partial charge on any atom is 0.243 e. The predicted octanol–water partition coefficient (Wildman–Crippen LogP) is 2.32. The summed E-state index contributed by atoms with van der Waals surface area (Å²) in [6, 6.07) is 11.1. The van der Waals surface area contributed by atoms with Crippen LogP contribution < -0.4 is 14.8 Å². The lowest BCUT2D eigenvalue weighted by atomic mass is 10.0. The molecule has 1 amide bonds. The highest BCUT2D eigenvalue weighted by Crippen LogP contribution is 2.22. The molecule has 2 N–H and O–H groups in total. The van der Waals surface area contributed by atoms with Gasteiger partial charge in [-0.25, -0.2) is 8.42 Å². The second kappa shape index (κ2) is 8.85. The third kappa shape index (κ3) is 4.72. The molecule has 1 atom stereocenters. The fourth-order valence-electron chi connectivity index (χ4n) is 2.86. The Hall–Kier alpha value is -2.56. The second-order valence-corrected chi connectivity index (χ2v) is 8.97. The molecular weight excluding hydrogens is 412 g/mol. The summed E-state index contributed by atoms with van der Waals surface area (Å²) in [7, 11) is -2.42. The van der Waals surface area contributed by atoms with E-state index in [1.165, 1.54) is 6.07 Å². The van der Waals surface area contributed by atoms with E-state index in [4.69, 9.17) is 4.74 Å². The van der Waals surface area contributed by atoms with E-state index in [1.807, 2.05) is 18.2 Å². The SMILES string of the molecule is COc1ccccc1CNC(=O)[C@@H](NS(=O)(=O)c1cccc2nsnc12)C(C)C. The molecule has 0 unspecified atom stereocenters. The molecule has 0 saturated carbocycles. The van der Waals surface area contributed by atoms with Gasteiger partial charge in [0.05, 0.1) is 18.8 Å². The molecule has 29 heavy (non-hydrogen) atoms. The third-order valence-corrected chi connectivity index (χ3v) is 6.43. The van der Waals surface area contributed by atoms with Crippen LogP contribution in [0.5, 0.6) is 5.75 Å². The summed E-state index contributed by atoms with van der Waals surface area (Å²) >= 11 is 0.940. The number of ether oxygens (including phenoxy) is 1. The lowest BCUT2D eigenvalue weighted by molar-refractivity contribution is -0.123. The lowest BCUT2D eigenvalue weighted by Gasteiger charge is -2.22. The number of hydrogen-bond acceptors (Lipinski definition) is 7. The molecule has 1 heterocycles. The summed E-state index contributed by atoms with van der Waals surface area (Å²) < 4.78 is 41.9. The highest BCUT2D eigenvalue weighted by atomic mass is 32.2. The highest BCUT2D eigenvalue weighted by Gasteiger charge is 2.30. The van der Waals surface area contributed by atoms with Gasteiger partial charge in [0, 0.05) is 12.1 Å². The van der Waals surface area contributed by atoms with Crippen LogP contribution in [0.15, 0.2) is 47.4 Å². The molecule has 0 spiro atoms. The van der Waals surface area contributed by atoms with Crippen LogP contribution in [0.1, 0.15) is 19.4 Å². The van der Waals surface area contributed by atoms with Crippen molar-refractivity contribution < 1.29 is 17.9 Å². The molecule has 10 heteroatoms. The van der Waals surface area contributed by atoms with Gasteiger partial charge in [-0.05, 0) is 24.1 Å². The van der Waals surface area contributed by atoms with Crippen molar-refractivity contribution in [1.29, 1.82) is 0 Å². The summed E-state index contributed by atoms with van der Waals surface area (Å²) in [6.45, 7) is 3.78. The number of para-hydroxylation sites is 1. The minimum absolute atomic E-state index is 0.00642. The smallest absolute Gasteiger partial charge is 0.243 e. The Kier molecular flexibility index (Phi) is 6.46. The number of benzene rings is 2. The van der Waals surface area contributed by atoms with Gasteiger partial charge in [-0.3, -0.25) is 4.79 Å². The molecular formula is C19H22N4O4S2. The number of nitrogens with one attached hydrogen (secondary N) is 2. The lowest BCUT2D eigenvalue weighted by Crippen LogP contribution is -2.49. The molecule has 0 aliphatic heterocycles. The maximum absolute atomic E-state index is 13.0. The molecule has 8 nitrogen and oxygen atoms in total. The number of sulfonamides is 1. The first-order chi connectivity index (χ1) is 13.8. The zero-order chi connectivity index (χ0) is 21.0. The van der Waals surface area contributed by atoms with E-state index in [0.717, 1.165) is 17.3 Å². The van der Waals surface area contributed by atoms with Crippen molar-refractivity contribution in [2.75, 3.05) is 7.11 Å². The first-order valence-corrected chi connectivity index (χ1v) is 11.2. The van der Waals surface area contributed by atoms with Crippen LogP contribution in [0, 0.1) is 5.92 Å². The molecule has 154 valence electrons. The summed E-state index contributed by atoms with van der Waals surface area (Å²) in [4.78, 5) is 12.8. The van der Waals surface area contributed by atoms with Crippen LogP contribution in [0.4, 0.5) is 0 Å². The Balaban J connectivity index is 1.79. The Bertz CT molecular complexity index is 1110. The fraction of sp³-hybridized carbons (Fsp3) is 0.316. The normalized spacial score (nSPS) is 12.8. The predicted molar refractivity (Wildman–Crippen MR) is 111 cm³/mol. The van der Waals surface area contributed by atoms with Crippen molar-refractivity contribution in [3.05, 3.63) is 48.0 Å². The van der Waals surface area contributed by atoms with Gasteiger partial charge in [0.15, 0.2) is 0 Å². The molecule has 0 radical (unpaired) electrons. The Morgan fingerprint density at radius 2 is 1.90 bits per heavy atom. The van der Waals surface area contributed by atoms with Crippen LogP contribution in [0.2, 0.25) is 0 Å². The number of carbonyl (C=O) groups excluding carboxylic acids is 1. The van der Waals surface area contributed by atoms with Crippen molar-refractivity contribution in [2.45, 2.75) is 31.3 Å². The van der Waals surface area contributed by atoms with E-state index >= 15 is 0 Å². The number of amides is 1. The topological polar surface area (TPSA) is 110 Å². The van der Waals surface area contributed by atoms with Crippen LogP contribution in [-0.4, -0.2) is 36.2 Å². The van der Waals surface area contributed by atoms with Gasteiger partial charge in [-0.15, -0.1) is 0 Å². The second-order valence-electron chi connectivity index (χ2n) is 6.76. The van der Waals surface area contributed by atoms with E-state index in [-0.39, 0.29) is 17.4 Å². The van der Waals surface area contributed by atoms with E-state index in [9.17, 15) is 13.2 Å². The van der Waals surface area contributed by atoms with Crippen molar-refractivity contribution in [3.63, 3.8) is 0 Å². The minimum Gasteiger partial charge on any atom is -0.496 e. The minimum atomic E-state index is -3.97. The Labute approximate surface area is 173 Å². The molecule has 0 fully saturated rings. The number of methoxy groups -OCH3 is 1. The number of aromatic nitrogens is 2. The van der Waals surface area contributed by atoms with Gasteiger partial charge < -0.3 is 10.1 Å². The summed E-state index contributed by atoms with van der Waals surface area (Å²) in [5.74, 6) is -0.0366. The van der Waals surface area contributed by atoms with Crippen LogP contribution in [-0.2, 0) is 21.4 Å². The third-order valence-electron chi connectivity index (χ3n) is 4.42. The van der Waals surface area contributed by atoms with Crippen molar-refractivity contribution in [3.8, 4) is 5.75 Å². The fourth-order valence-corrected chi connectivity index (χ4v) is 4.97. The zero-order valence-corrected chi connectivity index (χ0v) is 17.9. The number of fused-ring (bicyclic) bond motifs is 1. The zero-order valence-electron chi connectivity index (χ0n) is 16.2. The highest BCUT2D eigenvalue weighted by molar-refractivity contribution is 7.89. The Morgan fingerprint density at radius 1 is 1.14 bits per heavy atom. The summed E-state index contributed by atoms with van der Waals surface area (Å²) in [5.41, 5.74) is 1.59. The number of carbonyl (C=O) groups is 1. The molecule has 0 aliphatic carbocycles. The molecule has 1 aromatic heterocycles. The molecule has 0 saturated heterocycles. The van der Waals surface area contributed by atoms with E-state index in [1.54, 1.807) is 39.2 Å². The number of hydrogen-bond donors (Lipinski definition) is 2. The molecule has 3 aromatic rings. The van der Waals surface area contributed by atoms with Crippen LogP contribution in [0.25, 0.3) is 11.0 Å². The van der Waals surface area contributed by atoms with E-state index in [0.29, 0.717) is 16.8 Å². The summed E-state index contributed by atoms with van der Waals surface area (Å²) in [6.07, 6.45) is 0. The first-order valence-electron chi connectivity index (χ1n) is 8.96. The molecule has 0 bridgehead atoms. The number of nitrogens with zero attached hydrogens (tertiary/aromatic N) is 2. The largest absolute Gasteiger partial charge is 0.496 e. The van der Waals surface area contributed by atoms with Gasteiger partial charge in [0.1, 0.15) is 27.7 Å². The quantitative estimate of drug-likeness (QED) is 0.563. The molecule has 3 rings (SSSR count). The molecule has 2 aromatic carbocycles. The average molecular weight is 435 g/mol. The van der Waals surface area contributed by atoms with Gasteiger partial charge in [0.25, 0.3) is 0 Å². The van der Waals surface area contributed by atoms with Gasteiger partial charge >= 0.3 is 0 Å². The first kappa shape index (κ1) is 21.2. The van der Waals surface area contributed by atoms with E-state index < -0.39 is 22.0 Å². The summed E-state index contributed by atoms with van der Waals surface area (Å²) in [5, 5.41) is 2.79. The van der Waals surface area contributed by atoms with E-state index in [2.05, 4.69) is 18.8 Å². The van der Waals surface area contributed by atoms with Gasteiger partial charge in [-0.1, -0.05) is 38.1 Å². The van der Waals surface area contributed by atoms with Crippen LogP contribution >= 0.6 is 11.7 Å². The van der Waals surface area contributed by atoms with Crippen molar-refractivity contribution in [2.24, 2.45) is 5.92 Å². The van der Waals surface area contributed by atoms with Gasteiger partial charge in [-0.2, -0.15) is 13.5 Å². The Morgan fingerprint density at radius 3 is 2.62 bits per heavy atom. The van der Waals surface area contributed by atoms with Crippen molar-refractivity contribution in [1.82, 2.24) is 18.8 Å². The number of rotatable bonds is 8. The molecule has 0 aliphatic rings. The van der Waals surface area contributed by atoms with Crippen molar-refractivity contribution >= 4 is 38.7 Å². The maximum atomic E-state index is 13.0. The standard InChI is InChI=1S/C19H22N4O4S2/c1-12(2)17(19(24)20-11-13-7-4-5-9-15(13)27-3)23-29(25,26)16-10-6-8-14-18(16)22-28-21-14/h4-10,12,17,23H,11H2,1-3H3,(H,20,24)/t17-/m0/s1. The monoisotopic (exact) mass is 434 g/mol. The van der Waals surface area contributed by atoms with Gasteiger partial charge in [0.2, 0.25) is 15.9 Å². The average Bonchev–Trinajstić information content (AvgIpc) is 3.19. The van der Waals surface area contributed by atoms with Crippen LogP contribution in [0.3, 0.4) is 0 Å².